The third-order valence-electron chi connectivity index (χ3n) is 2.42. The molecule has 2 aromatic rings. The molecule has 0 spiro atoms. The van der Waals surface area contributed by atoms with E-state index in [0.717, 1.165) is 3.57 Å². The van der Waals surface area contributed by atoms with E-state index in [2.05, 4.69) is 5.32 Å². The standard InChI is InChI=1S/C12H9ClIN3O2/c13-9-3-2-8(15)6-11(9)16-10-4-1-7(14)5-12(10)17(18)19/h1-6,16H,15H2. The molecule has 0 bridgehead atoms. The van der Waals surface area contributed by atoms with Crippen LogP contribution in [0.3, 0.4) is 0 Å². The largest absolute Gasteiger partial charge is 0.399 e. The number of anilines is 3. The lowest BCUT2D eigenvalue weighted by atomic mass is 10.2. The first kappa shape index (κ1) is 13.9. The molecule has 19 heavy (non-hydrogen) atoms. The van der Waals surface area contributed by atoms with Gasteiger partial charge in [0, 0.05) is 15.3 Å². The molecule has 0 saturated carbocycles. The Kier molecular flexibility index (Phi) is 4.11. The molecule has 0 fully saturated rings. The molecule has 7 heteroatoms. The fourth-order valence-corrected chi connectivity index (χ4v) is 2.18. The van der Waals surface area contributed by atoms with Crippen LogP contribution in [0.1, 0.15) is 0 Å². The smallest absolute Gasteiger partial charge is 0.293 e. The lowest BCUT2D eigenvalue weighted by Gasteiger charge is -2.09. The molecule has 0 amide bonds. The minimum Gasteiger partial charge on any atom is -0.399 e. The molecule has 0 aliphatic carbocycles. The van der Waals surface area contributed by atoms with Crippen LogP contribution in [0.4, 0.5) is 22.7 Å². The highest BCUT2D eigenvalue weighted by Crippen LogP contribution is 2.33. The summed E-state index contributed by atoms with van der Waals surface area (Å²) in [7, 11) is 0. The number of rotatable bonds is 3. The van der Waals surface area contributed by atoms with Gasteiger partial charge in [-0.1, -0.05) is 11.6 Å². The van der Waals surface area contributed by atoms with E-state index in [0.29, 0.717) is 22.1 Å². The van der Waals surface area contributed by atoms with Crippen LogP contribution < -0.4 is 11.1 Å². The number of nitro groups is 1. The molecule has 0 radical (unpaired) electrons. The summed E-state index contributed by atoms with van der Waals surface area (Å²) in [5.74, 6) is 0. The summed E-state index contributed by atoms with van der Waals surface area (Å²) in [4.78, 5) is 10.6. The number of nitrogen functional groups attached to an aromatic ring is 1. The van der Waals surface area contributed by atoms with Crippen LogP contribution in [-0.2, 0) is 0 Å². The maximum absolute atomic E-state index is 11.0. The van der Waals surface area contributed by atoms with E-state index in [1.165, 1.54) is 6.07 Å². The Morgan fingerprint density at radius 2 is 1.95 bits per heavy atom. The molecule has 0 aromatic heterocycles. The second-order valence-electron chi connectivity index (χ2n) is 3.78. The number of nitrogens with two attached hydrogens (primary N) is 1. The summed E-state index contributed by atoms with van der Waals surface area (Å²) in [5.41, 5.74) is 7.09. The van der Waals surface area contributed by atoms with Gasteiger partial charge < -0.3 is 11.1 Å². The normalized spacial score (nSPS) is 10.2. The van der Waals surface area contributed by atoms with Crippen molar-refractivity contribution in [3.8, 4) is 0 Å². The van der Waals surface area contributed by atoms with Gasteiger partial charge in [-0.3, -0.25) is 10.1 Å². The van der Waals surface area contributed by atoms with Crippen molar-refractivity contribution < 1.29 is 4.92 Å². The van der Waals surface area contributed by atoms with Crippen LogP contribution in [0, 0.1) is 13.7 Å². The summed E-state index contributed by atoms with van der Waals surface area (Å²) < 4.78 is 0.786. The second-order valence-corrected chi connectivity index (χ2v) is 5.44. The second kappa shape index (κ2) is 5.62. The number of benzene rings is 2. The van der Waals surface area contributed by atoms with Gasteiger partial charge >= 0.3 is 0 Å². The molecule has 0 aliphatic rings. The first-order chi connectivity index (χ1) is 8.97. The lowest BCUT2D eigenvalue weighted by Crippen LogP contribution is -1.98. The summed E-state index contributed by atoms with van der Waals surface area (Å²) in [6.07, 6.45) is 0. The third-order valence-corrected chi connectivity index (χ3v) is 3.42. The summed E-state index contributed by atoms with van der Waals surface area (Å²) in [6, 6.07) is 9.83. The zero-order chi connectivity index (χ0) is 14.0. The van der Waals surface area contributed by atoms with Crippen LogP contribution in [0.15, 0.2) is 36.4 Å². The maximum Gasteiger partial charge on any atom is 0.293 e. The molecule has 0 aliphatic heterocycles. The summed E-state index contributed by atoms with van der Waals surface area (Å²) in [6.45, 7) is 0. The minimum atomic E-state index is -0.440. The Morgan fingerprint density at radius 1 is 1.21 bits per heavy atom. The zero-order valence-electron chi connectivity index (χ0n) is 9.56. The Labute approximate surface area is 128 Å². The van der Waals surface area contributed by atoms with Gasteiger partial charge in [0.1, 0.15) is 5.69 Å². The van der Waals surface area contributed by atoms with Crippen molar-refractivity contribution in [2.24, 2.45) is 0 Å². The molecule has 0 unspecified atom stereocenters. The van der Waals surface area contributed by atoms with Crippen molar-refractivity contribution in [2.45, 2.75) is 0 Å². The number of halogens is 2. The summed E-state index contributed by atoms with van der Waals surface area (Å²) in [5, 5.41) is 14.4. The van der Waals surface area contributed by atoms with Crippen molar-refractivity contribution in [3.05, 3.63) is 55.1 Å². The molecule has 0 atom stereocenters. The first-order valence-electron chi connectivity index (χ1n) is 5.23. The van der Waals surface area contributed by atoms with Crippen LogP contribution in [0.2, 0.25) is 5.02 Å². The van der Waals surface area contributed by atoms with Crippen LogP contribution in [0.5, 0.6) is 0 Å². The fourth-order valence-electron chi connectivity index (χ4n) is 1.55. The highest BCUT2D eigenvalue weighted by molar-refractivity contribution is 14.1. The number of nitro benzene ring substituents is 1. The lowest BCUT2D eigenvalue weighted by molar-refractivity contribution is -0.384. The average Bonchev–Trinajstić information content (AvgIpc) is 2.35. The van der Waals surface area contributed by atoms with Crippen LogP contribution >= 0.6 is 34.2 Å². The number of hydrogen-bond acceptors (Lipinski definition) is 4. The van der Waals surface area contributed by atoms with E-state index in [1.807, 2.05) is 22.6 Å². The SMILES string of the molecule is Nc1ccc(Cl)c(Nc2ccc(I)cc2[N+](=O)[O-])c1. The fraction of sp³-hybridized carbons (Fsp3) is 0. The molecule has 5 nitrogen and oxygen atoms in total. The first-order valence-corrected chi connectivity index (χ1v) is 6.69. The molecule has 3 N–H and O–H groups in total. The molecular weight excluding hydrogens is 381 g/mol. The van der Waals surface area contributed by atoms with Crippen molar-refractivity contribution in [1.29, 1.82) is 0 Å². The van der Waals surface area contributed by atoms with Gasteiger partial charge in [-0.15, -0.1) is 0 Å². The molecule has 98 valence electrons. The van der Waals surface area contributed by atoms with Crippen molar-refractivity contribution in [3.63, 3.8) is 0 Å². The Bertz CT molecular complexity index is 649. The zero-order valence-corrected chi connectivity index (χ0v) is 12.5. The average molecular weight is 390 g/mol. The third kappa shape index (κ3) is 3.27. The Balaban J connectivity index is 2.43. The van der Waals surface area contributed by atoms with Crippen molar-refractivity contribution in [2.75, 3.05) is 11.1 Å². The Hall–Kier alpha value is -1.54. The number of hydrogen-bond donors (Lipinski definition) is 2. The van der Waals surface area contributed by atoms with Gasteiger partial charge in [0.05, 0.1) is 15.6 Å². The van der Waals surface area contributed by atoms with Crippen molar-refractivity contribution in [1.82, 2.24) is 0 Å². The van der Waals surface area contributed by atoms with Gasteiger partial charge in [-0.2, -0.15) is 0 Å². The van der Waals surface area contributed by atoms with E-state index in [9.17, 15) is 10.1 Å². The van der Waals surface area contributed by atoms with Gasteiger partial charge in [-0.05, 0) is 52.9 Å². The van der Waals surface area contributed by atoms with Gasteiger partial charge in [-0.25, -0.2) is 0 Å². The molecular formula is C12H9ClIN3O2. The van der Waals surface area contributed by atoms with Crippen molar-refractivity contribution >= 4 is 56.9 Å². The monoisotopic (exact) mass is 389 g/mol. The maximum atomic E-state index is 11.0. The highest BCUT2D eigenvalue weighted by Gasteiger charge is 2.15. The minimum absolute atomic E-state index is 0.00890. The number of nitrogens with zero attached hydrogens (tertiary/aromatic N) is 1. The molecule has 2 aromatic carbocycles. The topological polar surface area (TPSA) is 81.2 Å². The van der Waals surface area contributed by atoms with Gasteiger partial charge in [0.2, 0.25) is 0 Å². The van der Waals surface area contributed by atoms with E-state index in [1.54, 1.807) is 30.3 Å². The molecule has 0 saturated heterocycles. The predicted molar refractivity (Wildman–Crippen MR) is 85.0 cm³/mol. The van der Waals surface area contributed by atoms with Crippen LogP contribution in [0.25, 0.3) is 0 Å². The van der Waals surface area contributed by atoms with E-state index in [-0.39, 0.29) is 5.69 Å². The van der Waals surface area contributed by atoms with E-state index >= 15 is 0 Å². The van der Waals surface area contributed by atoms with Crippen LogP contribution in [-0.4, -0.2) is 4.92 Å². The predicted octanol–water partition coefficient (Wildman–Crippen LogP) is 4.18. The highest BCUT2D eigenvalue weighted by atomic mass is 127. The summed E-state index contributed by atoms with van der Waals surface area (Å²) >= 11 is 8.04. The van der Waals surface area contributed by atoms with Gasteiger partial charge in [0.15, 0.2) is 0 Å². The van der Waals surface area contributed by atoms with E-state index < -0.39 is 4.92 Å². The quantitative estimate of drug-likeness (QED) is 0.357. The number of nitrogens with one attached hydrogen (secondary N) is 1. The van der Waals surface area contributed by atoms with Gasteiger partial charge in [0.25, 0.3) is 5.69 Å². The molecule has 2 rings (SSSR count). The Morgan fingerprint density at radius 3 is 2.63 bits per heavy atom. The van der Waals surface area contributed by atoms with E-state index in [4.69, 9.17) is 17.3 Å². The molecule has 0 heterocycles.